The summed E-state index contributed by atoms with van der Waals surface area (Å²) in [6.07, 6.45) is 0. The highest BCUT2D eigenvalue weighted by Crippen LogP contribution is 1.97. The Morgan fingerprint density at radius 2 is 1.71 bits per heavy atom. The van der Waals surface area contributed by atoms with Gasteiger partial charge in [-0.25, -0.2) is 4.79 Å². The summed E-state index contributed by atoms with van der Waals surface area (Å²) < 4.78 is 4.83. The largest absolute Gasteiger partial charge is 0.462 e. The van der Waals surface area contributed by atoms with Gasteiger partial charge in [0.15, 0.2) is 0 Å². The molecule has 0 aliphatic heterocycles. The highest BCUT2D eigenvalue weighted by atomic mass is 16.5. The molecule has 0 aromatic carbocycles. The average molecular weight is 201 g/mol. The Balaban J connectivity index is 0. The molecular formula is C11H23NO2. The molecule has 0 saturated heterocycles. The van der Waals surface area contributed by atoms with Crippen molar-refractivity contribution < 1.29 is 9.53 Å². The maximum absolute atomic E-state index is 10.7. The van der Waals surface area contributed by atoms with Gasteiger partial charge < -0.3 is 9.64 Å². The minimum absolute atomic E-state index is 0.297. The fraction of sp³-hybridized carbons (Fsp3) is 0.727. The molecule has 0 rings (SSSR count). The Hall–Kier alpha value is -0.830. The van der Waals surface area contributed by atoms with Crippen LogP contribution in [0.15, 0.2) is 12.2 Å². The third kappa shape index (κ3) is 17.3. The number of hydrogen-bond donors (Lipinski definition) is 0. The van der Waals surface area contributed by atoms with Gasteiger partial charge in [0.2, 0.25) is 0 Å². The summed E-state index contributed by atoms with van der Waals surface area (Å²) >= 11 is 0. The lowest BCUT2D eigenvalue weighted by Gasteiger charge is -2.05. The zero-order valence-electron chi connectivity index (χ0n) is 10.3. The van der Waals surface area contributed by atoms with E-state index in [0.717, 1.165) is 0 Å². The van der Waals surface area contributed by atoms with Crippen molar-refractivity contribution in [3.8, 4) is 0 Å². The van der Waals surface area contributed by atoms with Crippen LogP contribution >= 0.6 is 0 Å². The molecule has 0 aromatic heterocycles. The number of rotatable bonds is 3. The maximum atomic E-state index is 10.7. The van der Waals surface area contributed by atoms with Crippen LogP contribution in [0.3, 0.4) is 0 Å². The molecule has 0 spiro atoms. The maximum Gasteiger partial charge on any atom is 0.333 e. The van der Waals surface area contributed by atoms with E-state index in [0.29, 0.717) is 18.1 Å². The first kappa shape index (κ1) is 15.6. The summed E-state index contributed by atoms with van der Waals surface area (Å²) in [6.45, 7) is 9.56. The molecular weight excluding hydrogens is 178 g/mol. The smallest absolute Gasteiger partial charge is 0.333 e. The second kappa shape index (κ2) is 8.75. The Morgan fingerprint density at radius 1 is 1.36 bits per heavy atom. The molecule has 0 amide bonds. The zero-order chi connectivity index (χ0) is 11.7. The van der Waals surface area contributed by atoms with Crippen molar-refractivity contribution in [2.75, 3.05) is 27.7 Å². The van der Waals surface area contributed by atoms with E-state index in [1.165, 1.54) is 0 Å². The Kier molecular flexibility index (Phi) is 9.78. The molecule has 84 valence electrons. The molecule has 0 bridgehead atoms. The number of nitrogens with zero attached hydrogens (tertiary/aromatic N) is 1. The fourth-order valence-corrected chi connectivity index (χ4v) is 0.366. The van der Waals surface area contributed by atoms with Crippen LogP contribution in [0.1, 0.15) is 20.8 Å². The van der Waals surface area contributed by atoms with Crippen LogP contribution in [-0.2, 0) is 9.53 Å². The summed E-state index contributed by atoms with van der Waals surface area (Å²) in [5.41, 5.74) is 0.459. The van der Waals surface area contributed by atoms with E-state index in [1.54, 1.807) is 6.92 Å². The van der Waals surface area contributed by atoms with Crippen LogP contribution < -0.4 is 0 Å². The molecule has 0 fully saturated rings. The second-order valence-corrected chi connectivity index (χ2v) is 4.11. The van der Waals surface area contributed by atoms with Crippen molar-refractivity contribution in [2.45, 2.75) is 20.8 Å². The summed E-state index contributed by atoms with van der Waals surface area (Å²) in [4.78, 5) is 12.7. The Morgan fingerprint density at radius 3 is 1.93 bits per heavy atom. The van der Waals surface area contributed by atoms with Crippen molar-refractivity contribution in [1.82, 2.24) is 4.90 Å². The summed E-state index contributed by atoms with van der Waals surface area (Å²) in [6, 6.07) is 0. The molecule has 0 aromatic rings. The van der Waals surface area contributed by atoms with Crippen LogP contribution in [-0.4, -0.2) is 38.6 Å². The standard InChI is InChI=1S/C8H14O2.C3H9N/c1-6(2)5-10-8(9)7(3)4;1-4(2)3/h6H,3,5H2,1-2,4H3;1-3H3. The number of ether oxygens (including phenoxy) is 1. The third-order valence-corrected chi connectivity index (χ3v) is 0.896. The number of hydrogen-bond acceptors (Lipinski definition) is 3. The lowest BCUT2D eigenvalue weighted by Crippen LogP contribution is -2.09. The van der Waals surface area contributed by atoms with E-state index in [2.05, 4.69) is 6.58 Å². The molecule has 3 heteroatoms. The predicted molar refractivity (Wildman–Crippen MR) is 60.2 cm³/mol. The minimum atomic E-state index is -0.297. The average Bonchev–Trinajstić information content (AvgIpc) is 1.98. The molecule has 0 aliphatic rings. The molecule has 0 heterocycles. The van der Waals surface area contributed by atoms with Gasteiger partial charge in [0.1, 0.15) is 0 Å². The lowest BCUT2D eigenvalue weighted by atomic mass is 10.2. The van der Waals surface area contributed by atoms with Gasteiger partial charge in [-0.15, -0.1) is 0 Å². The van der Waals surface area contributed by atoms with Crippen molar-refractivity contribution in [3.05, 3.63) is 12.2 Å². The quantitative estimate of drug-likeness (QED) is 0.516. The Labute approximate surface area is 87.7 Å². The zero-order valence-corrected chi connectivity index (χ0v) is 10.3. The first-order chi connectivity index (χ1) is 6.27. The van der Waals surface area contributed by atoms with E-state index in [9.17, 15) is 4.79 Å². The summed E-state index contributed by atoms with van der Waals surface area (Å²) in [5.74, 6) is 0.0944. The van der Waals surface area contributed by atoms with Gasteiger partial charge in [0, 0.05) is 5.57 Å². The van der Waals surface area contributed by atoms with Crippen molar-refractivity contribution in [2.24, 2.45) is 5.92 Å². The molecule has 0 atom stereocenters. The highest BCUT2D eigenvalue weighted by Gasteiger charge is 2.03. The van der Waals surface area contributed by atoms with Crippen molar-refractivity contribution in [3.63, 3.8) is 0 Å². The predicted octanol–water partition coefficient (Wildman–Crippen LogP) is 1.94. The first-order valence-electron chi connectivity index (χ1n) is 4.71. The van der Waals surface area contributed by atoms with Gasteiger partial charge in [-0.2, -0.15) is 0 Å². The molecule has 0 saturated carbocycles. The SMILES string of the molecule is C=C(C)C(=O)OCC(C)C.CN(C)C. The van der Waals surface area contributed by atoms with E-state index in [1.807, 2.05) is 39.9 Å². The van der Waals surface area contributed by atoms with Crippen LogP contribution in [0.4, 0.5) is 0 Å². The van der Waals surface area contributed by atoms with E-state index in [-0.39, 0.29) is 5.97 Å². The van der Waals surface area contributed by atoms with Crippen LogP contribution in [0, 0.1) is 5.92 Å². The van der Waals surface area contributed by atoms with Crippen LogP contribution in [0.2, 0.25) is 0 Å². The topological polar surface area (TPSA) is 29.5 Å². The molecule has 0 aliphatic carbocycles. The normalized spacial score (nSPS) is 9.43. The first-order valence-corrected chi connectivity index (χ1v) is 4.71. The minimum Gasteiger partial charge on any atom is -0.462 e. The van der Waals surface area contributed by atoms with Gasteiger partial charge in [-0.3, -0.25) is 0 Å². The number of carbonyl (C=O) groups is 1. The molecule has 0 unspecified atom stereocenters. The number of carbonyl (C=O) groups excluding carboxylic acids is 1. The van der Waals surface area contributed by atoms with Gasteiger partial charge >= 0.3 is 5.97 Å². The fourth-order valence-electron chi connectivity index (χ4n) is 0.366. The molecule has 3 nitrogen and oxygen atoms in total. The molecule has 0 radical (unpaired) electrons. The van der Waals surface area contributed by atoms with E-state index in [4.69, 9.17) is 4.74 Å². The van der Waals surface area contributed by atoms with Crippen LogP contribution in [0.25, 0.3) is 0 Å². The van der Waals surface area contributed by atoms with Gasteiger partial charge in [-0.05, 0) is 34.0 Å². The third-order valence-electron chi connectivity index (χ3n) is 0.896. The summed E-state index contributed by atoms with van der Waals surface area (Å²) in [5, 5.41) is 0. The summed E-state index contributed by atoms with van der Waals surface area (Å²) in [7, 11) is 6.00. The van der Waals surface area contributed by atoms with Gasteiger partial charge in [0.25, 0.3) is 0 Å². The molecule has 14 heavy (non-hydrogen) atoms. The van der Waals surface area contributed by atoms with E-state index < -0.39 is 0 Å². The highest BCUT2D eigenvalue weighted by molar-refractivity contribution is 5.86. The molecule has 0 N–H and O–H groups in total. The lowest BCUT2D eigenvalue weighted by molar-refractivity contribution is -0.139. The van der Waals surface area contributed by atoms with Crippen LogP contribution in [0.5, 0.6) is 0 Å². The van der Waals surface area contributed by atoms with E-state index >= 15 is 0 Å². The van der Waals surface area contributed by atoms with Gasteiger partial charge in [0.05, 0.1) is 6.61 Å². The second-order valence-electron chi connectivity index (χ2n) is 4.11. The number of esters is 1. The monoisotopic (exact) mass is 201 g/mol. The van der Waals surface area contributed by atoms with Gasteiger partial charge in [-0.1, -0.05) is 20.4 Å². The van der Waals surface area contributed by atoms with Crippen molar-refractivity contribution in [1.29, 1.82) is 0 Å². The van der Waals surface area contributed by atoms with Crippen molar-refractivity contribution >= 4 is 5.97 Å². The Bertz CT molecular complexity index is 171.